The second-order valence-electron chi connectivity index (χ2n) is 9.18. The van der Waals surface area contributed by atoms with E-state index in [0.717, 1.165) is 24.0 Å². The maximum absolute atomic E-state index is 13.2. The number of ether oxygens (including phenoxy) is 1. The summed E-state index contributed by atoms with van der Waals surface area (Å²) in [5.41, 5.74) is 0.635. The summed E-state index contributed by atoms with van der Waals surface area (Å²) in [6.45, 7) is 3.69. The first kappa shape index (κ1) is 29.2. The molecule has 1 N–H and O–H groups in total. The Hall–Kier alpha value is -3.37. The number of carboxylic acids is 1. The molecule has 3 aromatic carbocycles. The first-order valence-electron chi connectivity index (χ1n) is 12.0. The molecule has 0 aromatic heterocycles. The van der Waals surface area contributed by atoms with Gasteiger partial charge in [-0.25, -0.2) is 13.2 Å². The van der Waals surface area contributed by atoms with Crippen LogP contribution in [0.5, 0.6) is 5.75 Å². The highest BCUT2D eigenvalue weighted by Gasteiger charge is 2.30. The van der Waals surface area contributed by atoms with Gasteiger partial charge in [0, 0.05) is 25.9 Å². The number of halogens is 3. The maximum atomic E-state index is 13.2. The van der Waals surface area contributed by atoms with Crippen molar-refractivity contribution < 1.29 is 36.2 Å². The van der Waals surface area contributed by atoms with Crippen molar-refractivity contribution >= 4 is 15.8 Å². The fraction of sp³-hybridized carbons (Fsp3) is 0.321. The van der Waals surface area contributed by atoms with Gasteiger partial charge < -0.3 is 9.84 Å². The summed E-state index contributed by atoms with van der Waals surface area (Å²) >= 11 is 0. The second kappa shape index (κ2) is 12.4. The van der Waals surface area contributed by atoms with Crippen LogP contribution in [0.3, 0.4) is 0 Å². The third-order valence-electron chi connectivity index (χ3n) is 6.03. The minimum absolute atomic E-state index is 0.129. The molecule has 0 radical (unpaired) electrons. The Bertz CT molecular complexity index is 1340. The number of benzene rings is 3. The molecule has 0 heterocycles. The normalized spacial score (nSPS) is 12.9. The van der Waals surface area contributed by atoms with E-state index in [1.54, 1.807) is 6.07 Å². The van der Waals surface area contributed by atoms with E-state index in [0.29, 0.717) is 31.6 Å². The van der Waals surface area contributed by atoms with E-state index in [1.165, 1.54) is 24.3 Å². The molecule has 10 heteroatoms. The van der Waals surface area contributed by atoms with Crippen LogP contribution in [0, 0.1) is 0 Å². The zero-order valence-electron chi connectivity index (χ0n) is 21.1. The third kappa shape index (κ3) is 8.32. The molecule has 1 atom stereocenters. The Morgan fingerprint density at radius 2 is 1.74 bits per heavy atom. The minimum atomic E-state index is -4.42. The van der Waals surface area contributed by atoms with E-state index >= 15 is 0 Å². The molecule has 0 spiro atoms. The lowest BCUT2D eigenvalue weighted by molar-refractivity contribution is -0.137. The van der Waals surface area contributed by atoms with Gasteiger partial charge in [0.25, 0.3) is 0 Å². The first-order valence-corrected chi connectivity index (χ1v) is 13.9. The number of hydrogen-bond acceptors (Lipinski definition) is 5. The lowest BCUT2D eigenvalue weighted by Gasteiger charge is -2.26. The monoisotopic (exact) mass is 549 g/mol. The van der Waals surface area contributed by atoms with Gasteiger partial charge in [0.1, 0.15) is 5.75 Å². The van der Waals surface area contributed by atoms with Crippen LogP contribution >= 0.6 is 0 Å². The van der Waals surface area contributed by atoms with Crippen LogP contribution in [0.15, 0.2) is 77.7 Å². The molecule has 1 unspecified atom stereocenters. The number of hydrogen-bond donors (Lipinski definition) is 1. The number of alkyl halides is 3. The maximum Gasteiger partial charge on any atom is 0.416 e. The molecule has 3 rings (SSSR count). The predicted octanol–water partition coefficient (Wildman–Crippen LogP) is 5.88. The van der Waals surface area contributed by atoms with E-state index < -0.39 is 27.5 Å². The van der Waals surface area contributed by atoms with Crippen molar-refractivity contribution in [3.8, 4) is 5.75 Å². The van der Waals surface area contributed by atoms with Crippen LogP contribution in [-0.2, 0) is 22.6 Å². The van der Waals surface area contributed by atoms with Gasteiger partial charge in [-0.3, -0.25) is 4.90 Å². The largest absolute Gasteiger partial charge is 0.494 e. The number of aromatic carboxylic acids is 1. The summed E-state index contributed by atoms with van der Waals surface area (Å²) in [7, 11) is -3.78. The number of carbonyl (C=O) groups is 1. The van der Waals surface area contributed by atoms with Crippen molar-refractivity contribution in [2.45, 2.75) is 36.9 Å². The second-order valence-corrected chi connectivity index (χ2v) is 11.2. The molecule has 0 saturated heterocycles. The standard InChI is InChI=1S/C28H30F3NO5S/c1-20(22-9-4-3-5-10-22)18-32(19-21-8-6-11-23(16-21)28(29,30)31)14-7-15-37-24-12-13-25(27(33)34)26(17-24)38(2,35)36/h3-6,8-13,16-17,20H,7,14-15,18-19H2,1-2H3,(H,33,34). The van der Waals surface area contributed by atoms with Crippen LogP contribution in [-0.4, -0.2) is 50.3 Å². The first-order chi connectivity index (χ1) is 17.8. The molecule has 0 aliphatic rings. The highest BCUT2D eigenvalue weighted by Crippen LogP contribution is 2.30. The summed E-state index contributed by atoms with van der Waals surface area (Å²) in [6, 6.07) is 18.9. The average molecular weight is 550 g/mol. The molecule has 6 nitrogen and oxygen atoms in total. The van der Waals surface area contributed by atoms with Crippen molar-refractivity contribution in [3.05, 3.63) is 95.1 Å². The summed E-state index contributed by atoms with van der Waals surface area (Å²) in [6.07, 6.45) is -2.99. The Balaban J connectivity index is 1.70. The van der Waals surface area contributed by atoms with Gasteiger partial charge >= 0.3 is 12.1 Å². The van der Waals surface area contributed by atoms with Crippen molar-refractivity contribution in [1.82, 2.24) is 4.90 Å². The summed E-state index contributed by atoms with van der Waals surface area (Å²) in [5, 5.41) is 9.26. The smallest absolute Gasteiger partial charge is 0.416 e. The SMILES string of the molecule is CC(CN(CCCOc1ccc(C(=O)O)c(S(C)(=O)=O)c1)Cc1cccc(C(F)(F)F)c1)c1ccccc1. The van der Waals surface area contributed by atoms with Crippen LogP contribution in [0.1, 0.15) is 46.3 Å². The molecule has 0 bridgehead atoms. The number of rotatable bonds is 12. The number of sulfone groups is 1. The minimum Gasteiger partial charge on any atom is -0.494 e. The van der Waals surface area contributed by atoms with E-state index in [2.05, 4.69) is 11.8 Å². The molecule has 0 aliphatic carbocycles. The third-order valence-corrected chi connectivity index (χ3v) is 7.17. The van der Waals surface area contributed by atoms with Gasteiger partial charge in [-0.2, -0.15) is 13.2 Å². The van der Waals surface area contributed by atoms with Gasteiger partial charge in [0.15, 0.2) is 9.84 Å². The molecule has 3 aromatic rings. The van der Waals surface area contributed by atoms with Crippen LogP contribution in [0.2, 0.25) is 0 Å². The van der Waals surface area contributed by atoms with E-state index in [1.807, 2.05) is 30.3 Å². The quantitative estimate of drug-likeness (QED) is 0.284. The fourth-order valence-electron chi connectivity index (χ4n) is 4.17. The van der Waals surface area contributed by atoms with Crippen LogP contribution in [0.4, 0.5) is 13.2 Å². The molecule has 204 valence electrons. The molecule has 0 saturated carbocycles. The van der Waals surface area contributed by atoms with E-state index in [4.69, 9.17) is 4.74 Å². The highest BCUT2D eigenvalue weighted by molar-refractivity contribution is 7.90. The lowest BCUT2D eigenvalue weighted by atomic mass is 10.00. The van der Waals surface area contributed by atoms with Crippen molar-refractivity contribution in [1.29, 1.82) is 0 Å². The van der Waals surface area contributed by atoms with Gasteiger partial charge in [-0.1, -0.05) is 55.5 Å². The number of nitrogens with zero attached hydrogens (tertiary/aromatic N) is 1. The van der Waals surface area contributed by atoms with Crippen molar-refractivity contribution in [3.63, 3.8) is 0 Å². The van der Waals surface area contributed by atoms with Gasteiger partial charge in [-0.15, -0.1) is 0 Å². The van der Waals surface area contributed by atoms with Crippen LogP contribution in [0.25, 0.3) is 0 Å². The number of carboxylic acid groups (broad SMARTS) is 1. The Kier molecular flexibility index (Phi) is 9.56. The topological polar surface area (TPSA) is 83.9 Å². The van der Waals surface area contributed by atoms with Crippen molar-refractivity contribution in [2.24, 2.45) is 0 Å². The van der Waals surface area contributed by atoms with Crippen LogP contribution < -0.4 is 4.74 Å². The van der Waals surface area contributed by atoms with E-state index in [9.17, 15) is 31.5 Å². The summed E-state index contributed by atoms with van der Waals surface area (Å²) < 4.78 is 69.4. The Morgan fingerprint density at radius 1 is 1.03 bits per heavy atom. The molecule has 0 aliphatic heterocycles. The Morgan fingerprint density at radius 3 is 2.37 bits per heavy atom. The molecular weight excluding hydrogens is 519 g/mol. The molecule has 38 heavy (non-hydrogen) atoms. The van der Waals surface area contributed by atoms with Gasteiger partial charge in [0.2, 0.25) is 0 Å². The summed E-state index contributed by atoms with van der Waals surface area (Å²) in [4.78, 5) is 13.1. The Labute approximate surface area is 220 Å². The molecule has 0 amide bonds. The van der Waals surface area contributed by atoms with Gasteiger partial charge in [0.05, 0.1) is 22.6 Å². The zero-order chi connectivity index (χ0) is 27.9. The predicted molar refractivity (Wildman–Crippen MR) is 138 cm³/mol. The summed E-state index contributed by atoms with van der Waals surface area (Å²) in [5.74, 6) is -1.00. The molecule has 0 fully saturated rings. The average Bonchev–Trinajstić information content (AvgIpc) is 2.86. The van der Waals surface area contributed by atoms with Gasteiger partial charge in [-0.05, 0) is 47.7 Å². The molecular formula is C28H30F3NO5S. The fourth-order valence-corrected chi connectivity index (χ4v) is 5.05. The lowest BCUT2D eigenvalue weighted by Crippen LogP contribution is -2.29. The van der Waals surface area contributed by atoms with Crippen molar-refractivity contribution in [2.75, 3.05) is 26.0 Å². The zero-order valence-corrected chi connectivity index (χ0v) is 21.9. The highest BCUT2D eigenvalue weighted by atomic mass is 32.2. The van der Waals surface area contributed by atoms with E-state index in [-0.39, 0.29) is 28.7 Å².